The summed E-state index contributed by atoms with van der Waals surface area (Å²) in [6.45, 7) is 5.73. The van der Waals surface area contributed by atoms with Crippen LogP contribution in [0.4, 0.5) is 0 Å². The van der Waals surface area contributed by atoms with Gasteiger partial charge in [0, 0.05) is 0 Å². The van der Waals surface area contributed by atoms with Crippen molar-refractivity contribution in [1.29, 1.82) is 0 Å². The van der Waals surface area contributed by atoms with Crippen LogP contribution in [0.25, 0.3) is 0 Å². The zero-order valence-electron chi connectivity index (χ0n) is 38.2. The average molecular weight is 846 g/mol. The Kier molecular flexibility index (Phi) is 35.8. The summed E-state index contributed by atoms with van der Waals surface area (Å²) in [5.41, 5.74) is 0. The van der Waals surface area contributed by atoms with E-state index in [9.17, 15) is 40.5 Å². The Morgan fingerprint density at radius 2 is 0.949 bits per heavy atom. The highest BCUT2D eigenvalue weighted by Gasteiger charge is 2.44. The molecule has 1 aliphatic heterocycles. The number of aliphatic hydroxyl groups is 7. The van der Waals surface area contributed by atoms with Gasteiger partial charge in [0.15, 0.2) is 6.29 Å². The van der Waals surface area contributed by atoms with E-state index in [0.29, 0.717) is 19.3 Å². The number of rotatable bonds is 41. The zero-order valence-corrected chi connectivity index (χ0v) is 38.2. The van der Waals surface area contributed by atoms with E-state index in [0.717, 1.165) is 44.4 Å². The lowest BCUT2D eigenvalue weighted by atomic mass is 9.98. The summed E-state index contributed by atoms with van der Waals surface area (Å²) in [7, 11) is 0. The Bertz CT molecular complexity index is 941. The lowest BCUT2D eigenvalue weighted by Gasteiger charge is -2.40. The quantitative estimate of drug-likeness (QED) is 0.0277. The first-order valence-electron chi connectivity index (χ1n) is 24.8. The molecule has 8 N–H and O–H groups in total. The summed E-state index contributed by atoms with van der Waals surface area (Å²) in [6, 6.07) is -1.16. The monoisotopic (exact) mass is 846 g/mol. The fourth-order valence-corrected chi connectivity index (χ4v) is 8.21. The van der Waals surface area contributed by atoms with Gasteiger partial charge in [0.25, 0.3) is 0 Å². The van der Waals surface area contributed by atoms with Crippen molar-refractivity contribution in [1.82, 2.24) is 5.32 Å². The van der Waals surface area contributed by atoms with Crippen molar-refractivity contribution in [3.63, 3.8) is 0 Å². The topological polar surface area (TPSA) is 189 Å². The molecule has 0 saturated carbocycles. The number of amides is 1. The molecule has 0 aromatic rings. The fraction of sp³-hybridized carbons (Fsp3) is 0.979. The maximum absolute atomic E-state index is 13.1. The Hall–Kier alpha value is -0.890. The van der Waals surface area contributed by atoms with Gasteiger partial charge in [-0.3, -0.25) is 4.79 Å². The first-order chi connectivity index (χ1) is 28.5. The highest BCUT2D eigenvalue weighted by molar-refractivity contribution is 5.80. The number of carbonyl (C=O) groups is 1. The van der Waals surface area contributed by atoms with E-state index in [1.165, 1.54) is 141 Å². The van der Waals surface area contributed by atoms with Crippen LogP contribution in [0.3, 0.4) is 0 Å². The highest BCUT2D eigenvalue weighted by atomic mass is 16.7. The minimum absolute atomic E-state index is 0.265. The highest BCUT2D eigenvalue weighted by Crippen LogP contribution is 2.23. The van der Waals surface area contributed by atoms with Crippen molar-refractivity contribution in [2.24, 2.45) is 5.92 Å². The molecular formula is C48H95NO10. The molecule has 1 saturated heterocycles. The molecule has 1 aliphatic rings. The summed E-state index contributed by atoms with van der Waals surface area (Å²) >= 11 is 0. The van der Waals surface area contributed by atoms with Gasteiger partial charge >= 0.3 is 0 Å². The second kappa shape index (κ2) is 37.6. The molecule has 9 atom stereocenters. The molecule has 352 valence electrons. The van der Waals surface area contributed by atoms with Gasteiger partial charge in [-0.1, -0.05) is 213 Å². The van der Waals surface area contributed by atoms with Crippen LogP contribution in [0, 0.1) is 5.92 Å². The summed E-state index contributed by atoms with van der Waals surface area (Å²) in [6.07, 6.45) is 26.0. The predicted octanol–water partition coefficient (Wildman–Crippen LogP) is 8.53. The molecule has 1 unspecified atom stereocenters. The molecule has 11 nitrogen and oxygen atoms in total. The first-order valence-corrected chi connectivity index (χ1v) is 24.8. The van der Waals surface area contributed by atoms with Gasteiger partial charge in [0.2, 0.25) is 5.91 Å². The van der Waals surface area contributed by atoms with E-state index in [2.05, 4.69) is 26.1 Å². The average Bonchev–Trinajstić information content (AvgIpc) is 3.22. The van der Waals surface area contributed by atoms with Gasteiger partial charge in [-0.05, 0) is 18.8 Å². The third-order valence-electron chi connectivity index (χ3n) is 12.3. The molecule has 0 spiro atoms. The lowest BCUT2D eigenvalue weighted by Crippen LogP contribution is -2.60. The molecule has 0 radical (unpaired) electrons. The Morgan fingerprint density at radius 3 is 1.36 bits per heavy atom. The second-order valence-electron chi connectivity index (χ2n) is 18.4. The smallest absolute Gasteiger partial charge is 0.249 e. The maximum atomic E-state index is 13.1. The maximum Gasteiger partial charge on any atom is 0.249 e. The molecule has 0 aromatic carbocycles. The summed E-state index contributed by atoms with van der Waals surface area (Å²) in [5.74, 6) is 0.0530. The zero-order chi connectivity index (χ0) is 43.5. The van der Waals surface area contributed by atoms with Gasteiger partial charge in [-0.2, -0.15) is 0 Å². The lowest BCUT2D eigenvalue weighted by molar-refractivity contribution is -0.303. The Morgan fingerprint density at radius 1 is 0.559 bits per heavy atom. The van der Waals surface area contributed by atoms with Gasteiger partial charge in [-0.25, -0.2) is 0 Å². The SMILES string of the molecule is CCCCCCCCCCCCCCCCCCCCCCCC(O)C(=O)N[C@@H](CO[C@@H]1O[C@H](CO)[C@@H](O)[C@H](O)[C@H]1O)[C@H](O)[C@H](O)CCCCCCCCCCC(C)C. The van der Waals surface area contributed by atoms with Gasteiger partial charge in [-0.15, -0.1) is 0 Å². The van der Waals surface area contributed by atoms with E-state index in [1.54, 1.807) is 0 Å². The second-order valence-corrected chi connectivity index (χ2v) is 18.4. The molecule has 11 heteroatoms. The van der Waals surface area contributed by atoms with Crippen LogP contribution in [0.1, 0.15) is 226 Å². The molecule has 0 aliphatic carbocycles. The minimum atomic E-state index is -1.66. The molecule has 1 heterocycles. The largest absolute Gasteiger partial charge is 0.394 e. The van der Waals surface area contributed by atoms with Crippen LogP contribution >= 0.6 is 0 Å². The molecule has 1 amide bonds. The third kappa shape index (κ3) is 28.4. The van der Waals surface area contributed by atoms with Crippen molar-refractivity contribution < 1.29 is 50.0 Å². The molecule has 1 fully saturated rings. The molecule has 0 bridgehead atoms. The van der Waals surface area contributed by atoms with Crippen molar-refractivity contribution in [3.8, 4) is 0 Å². The van der Waals surface area contributed by atoms with Crippen LogP contribution in [0.5, 0.6) is 0 Å². The van der Waals surface area contributed by atoms with Crippen molar-refractivity contribution in [3.05, 3.63) is 0 Å². The number of hydrogen-bond donors (Lipinski definition) is 8. The number of hydrogen-bond acceptors (Lipinski definition) is 10. The number of ether oxygens (including phenoxy) is 2. The molecule has 1 rings (SSSR count). The van der Waals surface area contributed by atoms with Crippen LogP contribution in [-0.4, -0.2) is 110 Å². The molecule has 59 heavy (non-hydrogen) atoms. The first kappa shape index (κ1) is 56.1. The number of carbonyl (C=O) groups excluding carboxylic acids is 1. The minimum Gasteiger partial charge on any atom is -0.394 e. The third-order valence-corrected chi connectivity index (χ3v) is 12.3. The van der Waals surface area contributed by atoms with Crippen LogP contribution in [-0.2, 0) is 14.3 Å². The molecular weight excluding hydrogens is 751 g/mol. The van der Waals surface area contributed by atoms with E-state index in [4.69, 9.17) is 9.47 Å². The summed E-state index contributed by atoms with van der Waals surface area (Å²) in [4.78, 5) is 13.1. The number of aliphatic hydroxyl groups excluding tert-OH is 7. The van der Waals surface area contributed by atoms with Gasteiger partial charge in [0.05, 0.1) is 25.4 Å². The normalized spacial score (nSPS) is 21.8. The van der Waals surface area contributed by atoms with Gasteiger partial charge in [0.1, 0.15) is 36.6 Å². The molecule has 0 aromatic heterocycles. The van der Waals surface area contributed by atoms with Gasteiger partial charge < -0.3 is 50.5 Å². The Balaban J connectivity index is 2.35. The van der Waals surface area contributed by atoms with E-state index < -0.39 is 74.2 Å². The van der Waals surface area contributed by atoms with E-state index >= 15 is 0 Å². The number of unbranched alkanes of at least 4 members (excludes halogenated alkanes) is 27. The Labute approximate surface area is 360 Å². The van der Waals surface area contributed by atoms with Crippen LogP contribution in [0.15, 0.2) is 0 Å². The summed E-state index contributed by atoms with van der Waals surface area (Å²) in [5, 5.41) is 75.7. The van der Waals surface area contributed by atoms with Crippen molar-refractivity contribution in [2.45, 2.75) is 281 Å². The van der Waals surface area contributed by atoms with Crippen LogP contribution in [0.2, 0.25) is 0 Å². The van der Waals surface area contributed by atoms with E-state index in [-0.39, 0.29) is 6.42 Å². The van der Waals surface area contributed by atoms with Crippen LogP contribution < -0.4 is 5.32 Å². The standard InChI is InChI=1S/C48H95NO10/c1-4-5-6-7-8-9-10-11-12-13-14-15-16-17-18-19-20-21-26-29-32-35-41(52)47(57)49-39(37-58-48-46(56)45(55)44(54)42(36-50)59-48)43(53)40(51)34-31-28-25-23-22-24-27-30-33-38(2)3/h38-46,48,50-56H,4-37H2,1-3H3,(H,49,57)/t39-,40+,41?,42+,43-,44+,45-,46+,48+/m0/s1. The fourth-order valence-electron chi connectivity index (χ4n) is 8.21. The summed E-state index contributed by atoms with van der Waals surface area (Å²) < 4.78 is 11.1. The van der Waals surface area contributed by atoms with E-state index in [1.807, 2.05) is 0 Å². The van der Waals surface area contributed by atoms with Crippen molar-refractivity contribution in [2.75, 3.05) is 13.2 Å². The predicted molar refractivity (Wildman–Crippen MR) is 238 cm³/mol. The number of nitrogens with one attached hydrogen (secondary N) is 1. The van der Waals surface area contributed by atoms with Crippen molar-refractivity contribution >= 4 is 5.91 Å².